The van der Waals surface area contributed by atoms with Gasteiger partial charge in [0.15, 0.2) is 5.60 Å². The average Bonchev–Trinajstić information content (AvgIpc) is 3.08. The van der Waals surface area contributed by atoms with Gasteiger partial charge in [0.05, 0.1) is 19.5 Å². The number of hydrogen-bond donors (Lipinski definition) is 3. The van der Waals surface area contributed by atoms with Gasteiger partial charge in [0.2, 0.25) is 5.91 Å². The van der Waals surface area contributed by atoms with Gasteiger partial charge in [-0.2, -0.15) is 0 Å². The number of carbonyl (C=O) groups excluding carboxylic acids is 2. The van der Waals surface area contributed by atoms with Crippen molar-refractivity contribution in [1.82, 2.24) is 10.2 Å². The number of ether oxygens (including phenoxy) is 1. The lowest BCUT2D eigenvalue weighted by Gasteiger charge is -2.43. The van der Waals surface area contributed by atoms with Gasteiger partial charge < -0.3 is 25.2 Å². The van der Waals surface area contributed by atoms with Crippen LogP contribution in [0.25, 0.3) is 11.1 Å². The fourth-order valence-electron chi connectivity index (χ4n) is 4.21. The molecule has 0 spiro atoms. The number of carboxylic acid groups (broad SMARTS) is 1. The molecule has 0 saturated carbocycles. The highest BCUT2D eigenvalue weighted by Crippen LogP contribution is 2.44. The van der Waals surface area contributed by atoms with E-state index in [1.165, 1.54) is 0 Å². The second-order valence-corrected chi connectivity index (χ2v) is 8.20. The van der Waals surface area contributed by atoms with Crippen LogP contribution in [0.5, 0.6) is 0 Å². The van der Waals surface area contributed by atoms with Gasteiger partial charge >= 0.3 is 12.1 Å². The van der Waals surface area contributed by atoms with Gasteiger partial charge in [0, 0.05) is 5.92 Å². The maximum Gasteiger partial charge on any atom is 0.407 e. The maximum absolute atomic E-state index is 13.4. The van der Waals surface area contributed by atoms with E-state index in [1.54, 1.807) is 0 Å². The lowest BCUT2D eigenvalue weighted by Crippen LogP contribution is -2.67. The molecule has 2 aromatic carbocycles. The number of fused-ring (bicyclic) bond motifs is 3. The average molecular weight is 460 g/mol. The van der Waals surface area contributed by atoms with E-state index in [4.69, 9.17) is 9.84 Å². The Balaban J connectivity index is 1.35. The molecule has 174 valence electrons. The Bertz CT molecular complexity index is 1040. The van der Waals surface area contributed by atoms with Crippen molar-refractivity contribution in [2.75, 3.05) is 19.7 Å². The number of likely N-dealkylation sites (tertiary alicyclic amines) is 1. The van der Waals surface area contributed by atoms with E-state index in [0.717, 1.165) is 27.2 Å². The van der Waals surface area contributed by atoms with Gasteiger partial charge in [-0.05, 0) is 22.3 Å². The zero-order valence-corrected chi connectivity index (χ0v) is 17.4. The quantitative estimate of drug-likeness (QED) is 0.584. The number of β-amino-alcohol motifs (C(OH)–C–C–N with tert-alkyl or cyclic N) is 1. The van der Waals surface area contributed by atoms with Gasteiger partial charge in [0.25, 0.3) is 6.43 Å². The molecule has 33 heavy (non-hydrogen) atoms. The minimum absolute atomic E-state index is 0.0679. The summed E-state index contributed by atoms with van der Waals surface area (Å²) in [6, 6.07) is 13.5. The van der Waals surface area contributed by atoms with Crippen LogP contribution in [0.4, 0.5) is 13.6 Å². The third-order valence-corrected chi connectivity index (χ3v) is 6.00. The number of halogens is 2. The van der Waals surface area contributed by atoms with E-state index >= 15 is 0 Å². The van der Waals surface area contributed by atoms with Crippen molar-refractivity contribution in [2.24, 2.45) is 0 Å². The minimum Gasteiger partial charge on any atom is -0.479 e. The third-order valence-electron chi connectivity index (χ3n) is 6.00. The van der Waals surface area contributed by atoms with Crippen LogP contribution in [0.1, 0.15) is 23.5 Å². The second-order valence-electron chi connectivity index (χ2n) is 8.20. The molecule has 1 heterocycles. The first-order valence-electron chi connectivity index (χ1n) is 10.3. The van der Waals surface area contributed by atoms with Crippen molar-refractivity contribution >= 4 is 18.0 Å². The number of benzene rings is 2. The summed E-state index contributed by atoms with van der Waals surface area (Å²) in [4.78, 5) is 36.3. The van der Waals surface area contributed by atoms with E-state index in [1.807, 2.05) is 53.8 Å². The smallest absolute Gasteiger partial charge is 0.407 e. The number of aliphatic carboxylic acids is 1. The van der Waals surface area contributed by atoms with Crippen molar-refractivity contribution in [3.8, 4) is 11.1 Å². The molecule has 1 fully saturated rings. The Morgan fingerprint density at radius 1 is 1.06 bits per heavy atom. The molecule has 0 aromatic heterocycles. The van der Waals surface area contributed by atoms with Gasteiger partial charge in [-0.15, -0.1) is 0 Å². The van der Waals surface area contributed by atoms with Crippen LogP contribution < -0.4 is 5.32 Å². The van der Waals surface area contributed by atoms with Crippen LogP contribution in [0, 0.1) is 0 Å². The topological polar surface area (TPSA) is 116 Å². The molecule has 2 aliphatic rings. The molecule has 1 unspecified atom stereocenters. The number of hydrogen-bond acceptors (Lipinski definition) is 5. The summed E-state index contributed by atoms with van der Waals surface area (Å²) in [5.41, 5.74) is 1.91. The lowest BCUT2D eigenvalue weighted by atomic mass is 9.93. The summed E-state index contributed by atoms with van der Waals surface area (Å²) in [6.07, 6.45) is -4.88. The highest BCUT2D eigenvalue weighted by Gasteiger charge is 2.50. The highest BCUT2D eigenvalue weighted by molar-refractivity contribution is 5.85. The summed E-state index contributed by atoms with van der Waals surface area (Å²) >= 11 is 0. The van der Waals surface area contributed by atoms with Crippen LogP contribution in [0.15, 0.2) is 48.5 Å². The van der Waals surface area contributed by atoms with Crippen LogP contribution in [0.2, 0.25) is 0 Å². The Morgan fingerprint density at radius 3 is 2.12 bits per heavy atom. The third kappa shape index (κ3) is 4.38. The number of alkyl halides is 2. The van der Waals surface area contributed by atoms with Crippen molar-refractivity contribution in [3.63, 3.8) is 0 Å². The second kappa shape index (κ2) is 8.78. The molecule has 3 N–H and O–H groups in total. The number of carbonyl (C=O) groups is 3. The molecule has 4 rings (SSSR count). The Kier molecular flexibility index (Phi) is 6.03. The summed E-state index contributed by atoms with van der Waals surface area (Å²) in [5, 5.41) is 20.6. The summed E-state index contributed by atoms with van der Waals surface area (Å²) in [6.45, 7) is -1.06. The lowest BCUT2D eigenvalue weighted by molar-refractivity contribution is -0.182. The predicted molar refractivity (Wildman–Crippen MR) is 112 cm³/mol. The van der Waals surface area contributed by atoms with E-state index < -0.39 is 55.5 Å². The monoisotopic (exact) mass is 460 g/mol. The Morgan fingerprint density at radius 2 is 1.61 bits per heavy atom. The zero-order valence-electron chi connectivity index (χ0n) is 17.4. The van der Waals surface area contributed by atoms with Crippen LogP contribution in [-0.4, -0.2) is 70.8 Å². The van der Waals surface area contributed by atoms with Gasteiger partial charge in [-0.25, -0.2) is 18.4 Å². The first-order chi connectivity index (χ1) is 15.7. The minimum atomic E-state index is -3.05. The summed E-state index contributed by atoms with van der Waals surface area (Å²) < 4.78 is 32.1. The molecule has 2 amide bonds. The molecule has 0 bridgehead atoms. The molecule has 1 saturated heterocycles. The SMILES string of the molecule is O=C(NC(CC(=O)N1CC(O)(C(=O)O)C1)C(F)F)OCC1c2ccccc2-c2ccccc21. The van der Waals surface area contributed by atoms with Gasteiger partial charge in [0.1, 0.15) is 12.6 Å². The van der Waals surface area contributed by atoms with Crippen molar-refractivity contribution in [3.05, 3.63) is 59.7 Å². The van der Waals surface area contributed by atoms with Crippen LogP contribution in [-0.2, 0) is 14.3 Å². The van der Waals surface area contributed by atoms with Crippen LogP contribution >= 0.6 is 0 Å². The van der Waals surface area contributed by atoms with Crippen molar-refractivity contribution < 1.29 is 38.1 Å². The molecule has 1 atom stereocenters. The predicted octanol–water partition coefficient (Wildman–Crippen LogP) is 2.21. The van der Waals surface area contributed by atoms with Crippen molar-refractivity contribution in [2.45, 2.75) is 30.4 Å². The first kappa shape index (κ1) is 22.7. The van der Waals surface area contributed by atoms with Gasteiger partial charge in [-0.1, -0.05) is 48.5 Å². The Hall–Kier alpha value is -3.53. The van der Waals surface area contributed by atoms with Crippen molar-refractivity contribution in [1.29, 1.82) is 0 Å². The largest absolute Gasteiger partial charge is 0.479 e. The standard InChI is InChI=1S/C23H22F2N2O6/c24-20(25)18(9-19(28)27-11-23(32,12-27)21(29)30)26-22(31)33-10-17-15-7-3-1-5-13(15)14-6-2-4-8-16(14)17/h1-8,17-18,20,32H,9-12H2,(H,26,31)(H,29,30). The summed E-state index contributed by atoms with van der Waals surface area (Å²) in [5.74, 6) is -2.54. The van der Waals surface area contributed by atoms with E-state index in [0.29, 0.717) is 0 Å². The number of nitrogens with one attached hydrogen (secondary N) is 1. The maximum atomic E-state index is 13.4. The number of nitrogens with zero attached hydrogens (tertiary/aromatic N) is 1. The molecule has 8 nitrogen and oxygen atoms in total. The number of aliphatic hydroxyl groups is 1. The number of amides is 2. The van der Waals surface area contributed by atoms with Crippen LogP contribution in [0.3, 0.4) is 0 Å². The normalized spacial score (nSPS) is 17.0. The van der Waals surface area contributed by atoms with E-state index in [2.05, 4.69) is 0 Å². The Labute approximate surface area is 187 Å². The highest BCUT2D eigenvalue weighted by atomic mass is 19.3. The molecule has 1 aliphatic carbocycles. The molecule has 10 heteroatoms. The molecule has 0 radical (unpaired) electrons. The molecule has 2 aromatic rings. The fourth-order valence-corrected chi connectivity index (χ4v) is 4.21. The summed E-state index contributed by atoms with van der Waals surface area (Å²) in [7, 11) is 0. The fraction of sp³-hybridized carbons (Fsp3) is 0.348. The molecular formula is C23H22F2N2O6. The number of alkyl carbamates (subject to hydrolysis) is 1. The molecular weight excluding hydrogens is 438 g/mol. The van der Waals surface area contributed by atoms with Gasteiger partial charge in [-0.3, -0.25) is 4.79 Å². The zero-order chi connectivity index (χ0) is 23.8. The first-order valence-corrected chi connectivity index (χ1v) is 10.3. The molecule has 1 aliphatic heterocycles. The van der Waals surface area contributed by atoms with E-state index in [-0.39, 0.29) is 12.5 Å². The van der Waals surface area contributed by atoms with E-state index in [9.17, 15) is 28.3 Å². The number of rotatable bonds is 7. The number of carboxylic acids is 1.